The lowest BCUT2D eigenvalue weighted by atomic mass is 10.2. The molecule has 0 fully saturated rings. The monoisotopic (exact) mass is 246 g/mol. The molecule has 1 N–H and O–H groups in total. The summed E-state index contributed by atoms with van der Waals surface area (Å²) < 4.78 is 10.4. The maximum Gasteiger partial charge on any atom is 0.339 e. The molecule has 1 aromatic heterocycles. The largest absolute Gasteiger partial charge is 0.497 e. The molecule has 0 aliphatic heterocycles. The van der Waals surface area contributed by atoms with Crippen molar-refractivity contribution in [2.75, 3.05) is 7.11 Å². The lowest BCUT2D eigenvalue weighted by Crippen LogP contribution is -2.01. The molecule has 0 unspecified atom stereocenters. The molecule has 1 heterocycles. The van der Waals surface area contributed by atoms with E-state index in [0.29, 0.717) is 5.75 Å². The topological polar surface area (TPSA) is 81.5 Å². The lowest BCUT2D eigenvalue weighted by Gasteiger charge is -2.09. The third kappa shape index (κ3) is 2.54. The van der Waals surface area contributed by atoms with Crippen LogP contribution in [0.3, 0.4) is 0 Å². The van der Waals surface area contributed by atoms with E-state index >= 15 is 0 Å². The van der Waals surface area contributed by atoms with E-state index in [9.17, 15) is 4.79 Å². The summed E-state index contributed by atoms with van der Waals surface area (Å²) in [5.74, 6) is -0.217. The second-order valence-electron chi connectivity index (χ2n) is 3.31. The van der Waals surface area contributed by atoms with Gasteiger partial charge in [-0.3, -0.25) is 4.98 Å². The van der Waals surface area contributed by atoms with Crippen LogP contribution in [-0.2, 0) is 0 Å². The molecule has 0 saturated carbocycles. The Labute approximate surface area is 103 Å². The maximum atomic E-state index is 11.1. The maximum absolute atomic E-state index is 11.1. The van der Waals surface area contributed by atoms with E-state index in [1.807, 2.05) is 0 Å². The normalized spacial score (nSPS) is 9.83. The van der Waals surface area contributed by atoms with Gasteiger partial charge in [-0.05, 0) is 12.1 Å². The van der Waals surface area contributed by atoms with Gasteiger partial charge in [-0.25, -0.2) is 9.78 Å². The zero-order valence-electron chi connectivity index (χ0n) is 9.53. The Morgan fingerprint density at radius 1 is 1.33 bits per heavy atom. The van der Waals surface area contributed by atoms with Crippen molar-refractivity contribution in [3.8, 4) is 17.4 Å². The third-order valence-corrected chi connectivity index (χ3v) is 2.17. The Kier molecular flexibility index (Phi) is 3.38. The molecule has 0 aliphatic rings. The minimum Gasteiger partial charge on any atom is -0.497 e. The minimum absolute atomic E-state index is 0.0291. The number of aromatic nitrogens is 2. The van der Waals surface area contributed by atoms with Crippen molar-refractivity contribution in [3.63, 3.8) is 0 Å². The molecule has 0 spiro atoms. The summed E-state index contributed by atoms with van der Waals surface area (Å²) in [6.45, 7) is 0. The molecule has 0 saturated heterocycles. The van der Waals surface area contributed by atoms with Gasteiger partial charge in [0.2, 0.25) is 5.88 Å². The molecule has 6 nitrogen and oxygen atoms in total. The average molecular weight is 246 g/mol. The summed E-state index contributed by atoms with van der Waals surface area (Å²) in [6.07, 6.45) is 4.34. The lowest BCUT2D eigenvalue weighted by molar-refractivity contribution is 0.0694. The molecule has 2 rings (SSSR count). The molecule has 18 heavy (non-hydrogen) atoms. The van der Waals surface area contributed by atoms with Gasteiger partial charge in [-0.15, -0.1) is 0 Å². The highest BCUT2D eigenvalue weighted by atomic mass is 16.5. The Bertz CT molecular complexity index is 557. The SMILES string of the molecule is COc1ccc(C(=O)O)c(Oc2cnccn2)c1. The molecule has 0 aliphatic carbocycles. The van der Waals surface area contributed by atoms with Crippen molar-refractivity contribution in [3.05, 3.63) is 42.4 Å². The second-order valence-corrected chi connectivity index (χ2v) is 3.31. The number of hydrogen-bond donors (Lipinski definition) is 1. The van der Waals surface area contributed by atoms with Gasteiger partial charge >= 0.3 is 5.97 Å². The van der Waals surface area contributed by atoms with Crippen LogP contribution in [0.15, 0.2) is 36.8 Å². The molecular formula is C12H10N2O4. The molecule has 6 heteroatoms. The van der Waals surface area contributed by atoms with Crippen LogP contribution in [-0.4, -0.2) is 28.2 Å². The van der Waals surface area contributed by atoms with Gasteiger partial charge in [-0.2, -0.15) is 0 Å². The number of benzene rings is 1. The summed E-state index contributed by atoms with van der Waals surface area (Å²) in [4.78, 5) is 18.8. The Hall–Kier alpha value is -2.63. The predicted molar refractivity (Wildman–Crippen MR) is 62.1 cm³/mol. The number of hydrogen-bond acceptors (Lipinski definition) is 5. The first-order valence-electron chi connectivity index (χ1n) is 5.06. The van der Waals surface area contributed by atoms with Gasteiger partial charge in [0.15, 0.2) is 0 Å². The first kappa shape index (κ1) is 11.8. The zero-order valence-corrected chi connectivity index (χ0v) is 9.53. The van der Waals surface area contributed by atoms with Crippen molar-refractivity contribution in [2.45, 2.75) is 0 Å². The van der Waals surface area contributed by atoms with Crippen molar-refractivity contribution in [1.29, 1.82) is 0 Å². The number of carboxylic acids is 1. The van der Waals surface area contributed by atoms with E-state index in [0.717, 1.165) is 0 Å². The van der Waals surface area contributed by atoms with E-state index in [-0.39, 0.29) is 17.2 Å². The van der Waals surface area contributed by atoms with Crippen molar-refractivity contribution in [1.82, 2.24) is 9.97 Å². The second kappa shape index (κ2) is 5.13. The number of carbonyl (C=O) groups is 1. The molecule has 0 atom stereocenters. The Balaban J connectivity index is 2.38. The molecule has 2 aromatic rings. The van der Waals surface area contributed by atoms with E-state index < -0.39 is 5.97 Å². The summed E-state index contributed by atoms with van der Waals surface area (Å²) in [7, 11) is 1.49. The van der Waals surface area contributed by atoms with E-state index in [2.05, 4.69) is 9.97 Å². The van der Waals surface area contributed by atoms with Crippen molar-refractivity contribution >= 4 is 5.97 Å². The van der Waals surface area contributed by atoms with Crippen LogP contribution in [0.25, 0.3) is 0 Å². The smallest absolute Gasteiger partial charge is 0.339 e. The van der Waals surface area contributed by atoms with Crippen LogP contribution < -0.4 is 9.47 Å². The molecular weight excluding hydrogens is 236 g/mol. The first-order chi connectivity index (χ1) is 8.70. The quantitative estimate of drug-likeness (QED) is 0.888. The molecule has 1 aromatic carbocycles. The zero-order chi connectivity index (χ0) is 13.0. The van der Waals surface area contributed by atoms with Gasteiger partial charge in [0.1, 0.15) is 17.1 Å². The first-order valence-corrected chi connectivity index (χ1v) is 5.06. The third-order valence-electron chi connectivity index (χ3n) is 2.17. The van der Waals surface area contributed by atoms with Crippen LogP contribution in [0.2, 0.25) is 0 Å². The molecule has 0 bridgehead atoms. The van der Waals surface area contributed by atoms with Crippen molar-refractivity contribution < 1.29 is 19.4 Å². The molecule has 92 valence electrons. The summed E-state index contributed by atoms with van der Waals surface area (Å²) in [5, 5.41) is 9.05. The number of carboxylic acid groups (broad SMARTS) is 1. The fourth-order valence-corrected chi connectivity index (χ4v) is 1.34. The Morgan fingerprint density at radius 2 is 2.17 bits per heavy atom. The summed E-state index contributed by atoms with van der Waals surface area (Å²) in [6, 6.07) is 4.44. The van der Waals surface area contributed by atoms with Gasteiger partial charge < -0.3 is 14.6 Å². The Morgan fingerprint density at radius 3 is 2.78 bits per heavy atom. The van der Waals surface area contributed by atoms with Gasteiger partial charge in [0, 0.05) is 18.5 Å². The standard InChI is InChI=1S/C12H10N2O4/c1-17-8-2-3-9(12(15)16)10(6-8)18-11-7-13-4-5-14-11/h2-7H,1H3,(H,15,16). The van der Waals surface area contributed by atoms with Crippen LogP contribution in [0.5, 0.6) is 17.4 Å². The van der Waals surface area contributed by atoms with Crippen molar-refractivity contribution in [2.24, 2.45) is 0 Å². The fourth-order valence-electron chi connectivity index (χ4n) is 1.34. The predicted octanol–water partition coefficient (Wildman–Crippen LogP) is 1.98. The number of ether oxygens (including phenoxy) is 2. The average Bonchev–Trinajstić information content (AvgIpc) is 2.39. The summed E-state index contributed by atoms with van der Waals surface area (Å²) >= 11 is 0. The van der Waals surface area contributed by atoms with Gasteiger partial charge in [0.05, 0.1) is 13.3 Å². The number of nitrogens with zero attached hydrogens (tertiary/aromatic N) is 2. The number of aromatic carboxylic acids is 1. The van der Waals surface area contributed by atoms with Gasteiger partial charge in [-0.1, -0.05) is 0 Å². The van der Waals surface area contributed by atoms with Crippen LogP contribution in [0, 0.1) is 0 Å². The fraction of sp³-hybridized carbons (Fsp3) is 0.0833. The van der Waals surface area contributed by atoms with Gasteiger partial charge in [0.25, 0.3) is 0 Å². The van der Waals surface area contributed by atoms with E-state index in [4.69, 9.17) is 14.6 Å². The molecule has 0 amide bonds. The summed E-state index contributed by atoms with van der Waals surface area (Å²) in [5.41, 5.74) is 0.0291. The highest BCUT2D eigenvalue weighted by Gasteiger charge is 2.13. The highest BCUT2D eigenvalue weighted by molar-refractivity contribution is 5.91. The van der Waals surface area contributed by atoms with E-state index in [1.54, 1.807) is 6.07 Å². The van der Waals surface area contributed by atoms with Crippen LogP contribution >= 0.6 is 0 Å². The highest BCUT2D eigenvalue weighted by Crippen LogP contribution is 2.28. The minimum atomic E-state index is -1.09. The van der Waals surface area contributed by atoms with Crippen LogP contribution in [0.1, 0.15) is 10.4 Å². The molecule has 0 radical (unpaired) electrons. The number of rotatable bonds is 4. The van der Waals surface area contributed by atoms with E-state index in [1.165, 1.54) is 37.8 Å². The van der Waals surface area contributed by atoms with Crippen LogP contribution in [0.4, 0.5) is 0 Å². The number of methoxy groups -OCH3 is 1.